The van der Waals surface area contributed by atoms with Crippen LogP contribution in [-0.2, 0) is 6.42 Å². The molecule has 0 fully saturated rings. The minimum Gasteiger partial charge on any atom is -0.382 e. The number of hydrogen-bond acceptors (Lipinski definition) is 2. The summed E-state index contributed by atoms with van der Waals surface area (Å²) in [5.41, 5.74) is 2.41. The van der Waals surface area contributed by atoms with Gasteiger partial charge in [0.05, 0.1) is 0 Å². The van der Waals surface area contributed by atoms with Crippen molar-refractivity contribution in [2.75, 3.05) is 18.5 Å². The van der Waals surface area contributed by atoms with Gasteiger partial charge in [0.15, 0.2) is 0 Å². The van der Waals surface area contributed by atoms with Crippen molar-refractivity contribution in [1.82, 2.24) is 0 Å². The van der Waals surface area contributed by atoms with E-state index in [4.69, 9.17) is 0 Å². The van der Waals surface area contributed by atoms with Gasteiger partial charge in [-0.3, -0.25) is 0 Å². The molecule has 2 rings (SSSR count). The molecule has 1 atom stereocenters. The molecule has 0 aliphatic carbocycles. The molecule has 0 saturated carbocycles. The highest BCUT2D eigenvalue weighted by atomic mass is 19.3. The van der Waals surface area contributed by atoms with Crippen LogP contribution in [0.15, 0.2) is 18.2 Å². The first-order valence-corrected chi connectivity index (χ1v) is 4.90. The molecule has 0 spiro atoms. The summed E-state index contributed by atoms with van der Waals surface area (Å²) >= 11 is 0. The predicted molar refractivity (Wildman–Crippen MR) is 54.4 cm³/mol. The molecule has 1 heterocycles. The largest absolute Gasteiger partial charge is 0.382 e. The fourth-order valence-electron chi connectivity index (χ4n) is 1.92. The normalized spacial score (nSPS) is 17.0. The molecule has 0 aromatic heterocycles. The van der Waals surface area contributed by atoms with Crippen molar-refractivity contribution in [2.24, 2.45) is 0 Å². The average Bonchev–Trinajstić information content (AvgIpc) is 2.59. The molecule has 4 heteroatoms. The Morgan fingerprint density at radius 3 is 2.80 bits per heavy atom. The zero-order valence-electron chi connectivity index (χ0n) is 8.45. The lowest BCUT2D eigenvalue weighted by atomic mass is 10.0. The van der Waals surface area contributed by atoms with Crippen LogP contribution in [-0.4, -0.2) is 25.1 Å². The van der Waals surface area contributed by atoms with Crippen molar-refractivity contribution >= 4 is 5.69 Å². The van der Waals surface area contributed by atoms with Crippen molar-refractivity contribution in [3.8, 4) is 0 Å². The minimum absolute atomic E-state index is 0.305. The molecule has 1 aliphatic heterocycles. The van der Waals surface area contributed by atoms with Crippen LogP contribution in [0.25, 0.3) is 0 Å². The number of rotatable bonds is 2. The van der Waals surface area contributed by atoms with Crippen molar-refractivity contribution in [3.05, 3.63) is 29.3 Å². The number of aliphatic hydroxyl groups excluding tert-OH is 1. The second kappa shape index (κ2) is 3.77. The zero-order valence-corrected chi connectivity index (χ0v) is 8.45. The number of likely N-dealkylation sites (N-methyl/N-ethyl adjacent to an activating group) is 1. The summed E-state index contributed by atoms with van der Waals surface area (Å²) in [5, 5.41) is 9.23. The number of anilines is 1. The number of fused-ring (bicyclic) bond motifs is 1. The average molecular weight is 213 g/mol. The minimum atomic E-state index is -2.72. The Morgan fingerprint density at radius 2 is 2.13 bits per heavy atom. The van der Waals surface area contributed by atoms with Crippen LogP contribution < -0.4 is 4.90 Å². The number of halogens is 2. The molecule has 82 valence electrons. The van der Waals surface area contributed by atoms with Gasteiger partial charge in [-0.25, -0.2) is 8.78 Å². The second-order valence-electron chi connectivity index (χ2n) is 3.84. The van der Waals surface area contributed by atoms with Crippen LogP contribution in [0.3, 0.4) is 0 Å². The van der Waals surface area contributed by atoms with Crippen molar-refractivity contribution in [3.63, 3.8) is 0 Å². The van der Waals surface area contributed by atoms with Gasteiger partial charge in [-0.05, 0) is 23.6 Å². The molecule has 1 unspecified atom stereocenters. The first-order valence-electron chi connectivity index (χ1n) is 4.90. The lowest BCUT2D eigenvalue weighted by Crippen LogP contribution is -2.12. The number of aliphatic hydroxyl groups is 1. The Hall–Kier alpha value is -1.16. The van der Waals surface area contributed by atoms with E-state index in [-0.39, 0.29) is 0 Å². The number of nitrogens with zero attached hydrogens (tertiary/aromatic N) is 1. The highest BCUT2D eigenvalue weighted by Crippen LogP contribution is 2.30. The quantitative estimate of drug-likeness (QED) is 0.812. The molecule has 1 aromatic rings. The van der Waals surface area contributed by atoms with E-state index in [0.29, 0.717) is 5.56 Å². The first-order chi connectivity index (χ1) is 7.09. The first kappa shape index (κ1) is 10.4. The monoisotopic (exact) mass is 213 g/mol. The molecule has 0 radical (unpaired) electrons. The third kappa shape index (κ3) is 1.81. The molecular weight excluding hydrogens is 200 g/mol. The van der Waals surface area contributed by atoms with Gasteiger partial charge in [0.1, 0.15) is 6.10 Å². The second-order valence-corrected chi connectivity index (χ2v) is 3.84. The van der Waals surface area contributed by atoms with Crippen molar-refractivity contribution in [1.29, 1.82) is 0 Å². The van der Waals surface area contributed by atoms with Crippen molar-refractivity contribution < 1.29 is 13.9 Å². The van der Waals surface area contributed by atoms with E-state index in [1.807, 2.05) is 7.05 Å². The van der Waals surface area contributed by atoms with E-state index in [1.54, 1.807) is 18.2 Å². The Balaban J connectivity index is 2.30. The summed E-state index contributed by atoms with van der Waals surface area (Å²) in [4.78, 5) is 2.08. The van der Waals surface area contributed by atoms with Gasteiger partial charge in [-0.15, -0.1) is 0 Å². The van der Waals surface area contributed by atoms with Gasteiger partial charge >= 0.3 is 0 Å². The predicted octanol–water partition coefficient (Wildman–Crippen LogP) is 1.98. The molecule has 1 aromatic carbocycles. The van der Waals surface area contributed by atoms with E-state index in [1.165, 1.54) is 0 Å². The van der Waals surface area contributed by atoms with Gasteiger partial charge in [-0.2, -0.15) is 0 Å². The van der Waals surface area contributed by atoms with Gasteiger partial charge in [0.2, 0.25) is 0 Å². The molecule has 0 amide bonds. The molecule has 2 nitrogen and oxygen atoms in total. The van der Waals surface area contributed by atoms with Crippen molar-refractivity contribution in [2.45, 2.75) is 19.0 Å². The third-order valence-electron chi connectivity index (χ3n) is 2.81. The molecular formula is C11H13F2NO. The SMILES string of the molecule is CN1CCc2cc(C(O)C(F)F)ccc21. The Kier molecular flexibility index (Phi) is 2.61. The smallest absolute Gasteiger partial charge is 0.268 e. The highest BCUT2D eigenvalue weighted by molar-refractivity contribution is 5.58. The Bertz CT molecular complexity index is 368. The van der Waals surface area contributed by atoms with Crippen LogP contribution >= 0.6 is 0 Å². The lowest BCUT2D eigenvalue weighted by molar-refractivity contribution is -0.00579. The van der Waals surface area contributed by atoms with E-state index < -0.39 is 12.5 Å². The molecule has 1 N–H and O–H groups in total. The molecule has 15 heavy (non-hydrogen) atoms. The number of benzene rings is 1. The summed E-state index contributed by atoms with van der Waals surface area (Å²) in [6.07, 6.45) is -3.53. The van der Waals surface area contributed by atoms with Crippen LogP contribution in [0.4, 0.5) is 14.5 Å². The summed E-state index contributed by atoms with van der Waals surface area (Å²) in [7, 11) is 1.97. The maximum Gasteiger partial charge on any atom is 0.268 e. The van der Waals surface area contributed by atoms with Gasteiger partial charge < -0.3 is 10.0 Å². The van der Waals surface area contributed by atoms with Gasteiger partial charge in [0.25, 0.3) is 6.43 Å². The molecule has 0 bridgehead atoms. The summed E-state index contributed by atoms with van der Waals surface area (Å²) in [5.74, 6) is 0. The van der Waals surface area contributed by atoms with Gasteiger partial charge in [-0.1, -0.05) is 12.1 Å². The van der Waals surface area contributed by atoms with Crippen LogP contribution in [0.1, 0.15) is 17.2 Å². The Morgan fingerprint density at radius 1 is 1.40 bits per heavy atom. The van der Waals surface area contributed by atoms with E-state index in [2.05, 4.69) is 4.90 Å². The topological polar surface area (TPSA) is 23.5 Å². The maximum atomic E-state index is 12.3. The molecule has 0 saturated heterocycles. The van der Waals surface area contributed by atoms with Crippen LogP contribution in [0.5, 0.6) is 0 Å². The fraction of sp³-hybridized carbons (Fsp3) is 0.455. The van der Waals surface area contributed by atoms with Gasteiger partial charge in [0, 0.05) is 19.3 Å². The third-order valence-corrected chi connectivity index (χ3v) is 2.81. The standard InChI is InChI=1S/C11H13F2NO/c1-14-5-4-7-6-8(2-3-9(7)14)10(15)11(12)13/h2-3,6,10-11,15H,4-5H2,1H3. The summed E-state index contributed by atoms with van der Waals surface area (Å²) in [6, 6.07) is 5.04. The van der Waals surface area contributed by atoms with Crippen LogP contribution in [0.2, 0.25) is 0 Å². The van der Waals surface area contributed by atoms with Crippen LogP contribution in [0, 0.1) is 0 Å². The number of hydrogen-bond donors (Lipinski definition) is 1. The zero-order chi connectivity index (χ0) is 11.0. The fourth-order valence-corrected chi connectivity index (χ4v) is 1.92. The Labute approximate surface area is 87.1 Å². The lowest BCUT2D eigenvalue weighted by Gasteiger charge is -2.14. The highest BCUT2D eigenvalue weighted by Gasteiger charge is 2.22. The number of alkyl halides is 2. The van der Waals surface area contributed by atoms with E-state index >= 15 is 0 Å². The maximum absolute atomic E-state index is 12.3. The van der Waals surface area contributed by atoms with E-state index in [0.717, 1.165) is 24.2 Å². The summed E-state index contributed by atoms with van der Waals surface area (Å²) in [6.45, 7) is 0.906. The summed E-state index contributed by atoms with van der Waals surface area (Å²) < 4.78 is 24.6. The van der Waals surface area contributed by atoms with E-state index in [9.17, 15) is 13.9 Å². The molecule has 1 aliphatic rings.